The van der Waals surface area contributed by atoms with Crippen molar-refractivity contribution >= 4 is 39.0 Å². The molecular weight excluding hydrogens is 486 g/mol. The van der Waals surface area contributed by atoms with Gasteiger partial charge in [-0.15, -0.1) is 0 Å². The molecule has 0 aliphatic carbocycles. The van der Waals surface area contributed by atoms with Crippen LogP contribution < -0.4 is 4.90 Å². The molecule has 1 saturated heterocycles. The molecule has 0 saturated carbocycles. The molecule has 33 heavy (non-hydrogen) atoms. The monoisotopic (exact) mass is 508 g/mol. The third-order valence-electron chi connectivity index (χ3n) is 5.62. The second kappa shape index (κ2) is 9.54. The van der Waals surface area contributed by atoms with Gasteiger partial charge in [-0.1, -0.05) is 35.3 Å². The molecule has 6 nitrogen and oxygen atoms in total. The van der Waals surface area contributed by atoms with Crippen molar-refractivity contribution < 1.29 is 12.8 Å². The Morgan fingerprint density at radius 3 is 2.42 bits per heavy atom. The lowest BCUT2D eigenvalue weighted by Gasteiger charge is -2.36. The number of hydrogen-bond acceptors (Lipinski definition) is 5. The molecule has 2 heterocycles. The quantitative estimate of drug-likeness (QED) is 0.502. The van der Waals surface area contributed by atoms with Crippen LogP contribution in [0.2, 0.25) is 10.0 Å². The van der Waals surface area contributed by atoms with Crippen molar-refractivity contribution in [1.29, 1.82) is 0 Å². The second-order valence-electron chi connectivity index (χ2n) is 7.93. The number of piperazine rings is 1. The van der Waals surface area contributed by atoms with Gasteiger partial charge in [0, 0.05) is 48.9 Å². The van der Waals surface area contributed by atoms with Crippen molar-refractivity contribution in [2.75, 3.05) is 31.1 Å². The van der Waals surface area contributed by atoms with E-state index in [4.69, 9.17) is 23.2 Å². The first-order valence-electron chi connectivity index (χ1n) is 10.4. The van der Waals surface area contributed by atoms with Crippen molar-refractivity contribution in [3.8, 4) is 0 Å². The lowest BCUT2D eigenvalue weighted by molar-refractivity contribution is 0.383. The Labute approximate surface area is 203 Å². The first kappa shape index (κ1) is 23.9. The van der Waals surface area contributed by atoms with Gasteiger partial charge in [0.05, 0.1) is 5.02 Å². The summed E-state index contributed by atoms with van der Waals surface area (Å²) >= 11 is 12.2. The fourth-order valence-corrected chi connectivity index (χ4v) is 6.15. The minimum atomic E-state index is -3.78. The summed E-state index contributed by atoms with van der Waals surface area (Å²) in [5.41, 5.74) is 2.55. The maximum absolute atomic E-state index is 13.7. The Balaban J connectivity index is 1.58. The Morgan fingerprint density at radius 1 is 1.00 bits per heavy atom. The normalized spacial score (nSPS) is 15.1. The molecule has 4 rings (SSSR count). The minimum Gasteiger partial charge on any atom is -0.354 e. The Morgan fingerprint density at radius 2 is 1.73 bits per heavy atom. The van der Waals surface area contributed by atoms with Crippen molar-refractivity contribution in [3.63, 3.8) is 0 Å². The van der Waals surface area contributed by atoms with Gasteiger partial charge in [-0.3, -0.25) is 0 Å². The highest BCUT2D eigenvalue weighted by Gasteiger charge is 2.31. The van der Waals surface area contributed by atoms with Crippen LogP contribution in [0, 0.1) is 19.7 Å². The van der Waals surface area contributed by atoms with Gasteiger partial charge in [0.2, 0.25) is 10.0 Å². The Bertz CT molecular complexity index is 1300. The standard InChI is InChI=1S/C23H23Cl2FN4O2S/c1-15-20(13-17-4-3-5-19(26)12-17)23(28-16(2)27-15)29-8-10-30(11-9-29)33(31,32)22-14-18(24)6-7-21(22)25/h3-7,12,14H,8-11,13H2,1-2H3. The summed E-state index contributed by atoms with van der Waals surface area (Å²) in [6.07, 6.45) is 0.482. The van der Waals surface area contributed by atoms with E-state index >= 15 is 0 Å². The summed E-state index contributed by atoms with van der Waals surface area (Å²) in [7, 11) is -3.78. The largest absolute Gasteiger partial charge is 0.354 e. The molecule has 1 fully saturated rings. The summed E-state index contributed by atoms with van der Waals surface area (Å²) in [5.74, 6) is 1.09. The smallest absolute Gasteiger partial charge is 0.244 e. The highest BCUT2D eigenvalue weighted by Crippen LogP contribution is 2.30. The van der Waals surface area contributed by atoms with Crippen LogP contribution in [0.3, 0.4) is 0 Å². The van der Waals surface area contributed by atoms with E-state index in [0.717, 1.165) is 22.6 Å². The highest BCUT2D eigenvalue weighted by molar-refractivity contribution is 7.89. The average molecular weight is 509 g/mol. The summed E-state index contributed by atoms with van der Waals surface area (Å²) in [4.78, 5) is 11.2. The molecule has 0 unspecified atom stereocenters. The lowest BCUT2D eigenvalue weighted by atomic mass is 10.0. The number of hydrogen-bond donors (Lipinski definition) is 0. The topological polar surface area (TPSA) is 66.4 Å². The van der Waals surface area contributed by atoms with Gasteiger partial charge in [-0.25, -0.2) is 22.8 Å². The van der Waals surface area contributed by atoms with Crippen LogP contribution in [0.1, 0.15) is 22.6 Å². The van der Waals surface area contributed by atoms with Crippen LogP contribution >= 0.6 is 23.2 Å². The van der Waals surface area contributed by atoms with Gasteiger partial charge >= 0.3 is 0 Å². The van der Waals surface area contributed by atoms with Gasteiger partial charge in [0.1, 0.15) is 22.4 Å². The third kappa shape index (κ3) is 5.14. The fourth-order valence-electron chi connectivity index (χ4n) is 3.99. The molecule has 2 aromatic carbocycles. The van der Waals surface area contributed by atoms with E-state index in [0.29, 0.717) is 30.4 Å². The highest BCUT2D eigenvalue weighted by atomic mass is 35.5. The fraction of sp³-hybridized carbons (Fsp3) is 0.304. The van der Waals surface area contributed by atoms with Crippen LogP contribution in [-0.4, -0.2) is 48.9 Å². The molecule has 0 atom stereocenters. The van der Waals surface area contributed by atoms with E-state index in [-0.39, 0.29) is 28.8 Å². The Kier molecular flexibility index (Phi) is 6.91. The van der Waals surface area contributed by atoms with E-state index in [1.807, 2.05) is 19.9 Å². The summed E-state index contributed by atoms with van der Waals surface area (Å²) in [6.45, 7) is 5.17. The minimum absolute atomic E-state index is 0.00522. The van der Waals surface area contributed by atoms with Gasteiger partial charge in [0.15, 0.2) is 0 Å². The van der Waals surface area contributed by atoms with E-state index in [1.54, 1.807) is 12.1 Å². The Hall–Kier alpha value is -2.26. The lowest BCUT2D eigenvalue weighted by Crippen LogP contribution is -2.49. The van der Waals surface area contributed by atoms with Crippen molar-refractivity contribution in [2.24, 2.45) is 0 Å². The average Bonchev–Trinajstić information content (AvgIpc) is 2.77. The van der Waals surface area contributed by atoms with Crippen LogP contribution in [0.5, 0.6) is 0 Å². The molecule has 0 spiro atoms. The van der Waals surface area contributed by atoms with Crippen molar-refractivity contribution in [3.05, 3.63) is 81.0 Å². The molecule has 0 amide bonds. The van der Waals surface area contributed by atoms with Crippen LogP contribution in [0.15, 0.2) is 47.4 Å². The number of sulfonamides is 1. The zero-order valence-electron chi connectivity index (χ0n) is 18.2. The van der Waals surface area contributed by atoms with Gasteiger partial charge in [0.25, 0.3) is 0 Å². The summed E-state index contributed by atoms with van der Waals surface area (Å²) in [5, 5.41) is 0.451. The first-order chi connectivity index (χ1) is 15.6. The van der Waals surface area contributed by atoms with Crippen LogP contribution in [-0.2, 0) is 16.4 Å². The van der Waals surface area contributed by atoms with E-state index in [1.165, 1.54) is 28.6 Å². The molecule has 174 valence electrons. The summed E-state index contributed by atoms with van der Waals surface area (Å²) < 4.78 is 41.4. The predicted octanol–water partition coefficient (Wildman–Crippen LogP) is 4.64. The maximum Gasteiger partial charge on any atom is 0.244 e. The molecule has 1 aliphatic rings. The van der Waals surface area contributed by atoms with Gasteiger partial charge in [-0.05, 0) is 49.7 Å². The SMILES string of the molecule is Cc1nc(C)c(Cc2cccc(F)c2)c(N2CCN(S(=O)(=O)c3cc(Cl)ccc3Cl)CC2)n1. The molecule has 3 aromatic rings. The van der Waals surface area contributed by atoms with E-state index in [2.05, 4.69) is 14.9 Å². The number of aryl methyl sites for hydroxylation is 2. The zero-order chi connectivity index (χ0) is 23.8. The number of nitrogens with zero attached hydrogens (tertiary/aromatic N) is 4. The molecule has 10 heteroatoms. The van der Waals surface area contributed by atoms with E-state index in [9.17, 15) is 12.8 Å². The van der Waals surface area contributed by atoms with Gasteiger partial charge < -0.3 is 4.90 Å². The molecule has 1 aliphatic heterocycles. The number of anilines is 1. The van der Waals surface area contributed by atoms with E-state index < -0.39 is 10.0 Å². The molecular formula is C23H23Cl2FN4O2S. The number of benzene rings is 2. The van der Waals surface area contributed by atoms with Crippen molar-refractivity contribution in [2.45, 2.75) is 25.2 Å². The molecule has 0 radical (unpaired) electrons. The molecule has 0 bridgehead atoms. The van der Waals surface area contributed by atoms with Crippen LogP contribution in [0.4, 0.5) is 10.2 Å². The zero-order valence-corrected chi connectivity index (χ0v) is 20.6. The summed E-state index contributed by atoms with van der Waals surface area (Å²) in [6, 6.07) is 10.9. The van der Waals surface area contributed by atoms with Crippen LogP contribution in [0.25, 0.3) is 0 Å². The number of aromatic nitrogens is 2. The predicted molar refractivity (Wildman–Crippen MR) is 128 cm³/mol. The molecule has 1 aromatic heterocycles. The second-order valence-corrected chi connectivity index (χ2v) is 10.7. The maximum atomic E-state index is 13.7. The third-order valence-corrected chi connectivity index (χ3v) is 8.24. The number of rotatable bonds is 5. The number of halogens is 3. The van der Waals surface area contributed by atoms with Gasteiger partial charge in [-0.2, -0.15) is 4.31 Å². The first-order valence-corrected chi connectivity index (χ1v) is 12.6. The molecule has 0 N–H and O–H groups in total. The van der Waals surface area contributed by atoms with Crippen molar-refractivity contribution in [1.82, 2.24) is 14.3 Å².